The molecule has 1 aromatic rings. The fourth-order valence-electron chi connectivity index (χ4n) is 4.15. The van der Waals surface area contributed by atoms with Crippen molar-refractivity contribution in [2.45, 2.75) is 26.4 Å². The first-order valence-corrected chi connectivity index (χ1v) is 11.7. The second-order valence-electron chi connectivity index (χ2n) is 8.76. The Kier molecular flexibility index (Phi) is 9.77. The molecule has 0 amide bonds. The van der Waals surface area contributed by atoms with Gasteiger partial charge in [0.2, 0.25) is 5.95 Å². The molecule has 3 rings (SSSR count). The summed E-state index contributed by atoms with van der Waals surface area (Å²) in [5, 5.41) is 6.87. The minimum atomic E-state index is 0.218. The van der Waals surface area contributed by atoms with Gasteiger partial charge in [-0.25, -0.2) is 9.97 Å². The van der Waals surface area contributed by atoms with Crippen molar-refractivity contribution < 1.29 is 4.74 Å². The number of nitrogens with zero attached hydrogens (tertiary/aromatic N) is 6. The van der Waals surface area contributed by atoms with Gasteiger partial charge >= 0.3 is 0 Å². The first-order valence-electron chi connectivity index (χ1n) is 11.7. The van der Waals surface area contributed by atoms with Crippen LogP contribution in [0.3, 0.4) is 0 Å². The summed E-state index contributed by atoms with van der Waals surface area (Å²) in [6, 6.07) is 1.86. The van der Waals surface area contributed by atoms with E-state index < -0.39 is 0 Å². The molecule has 2 N–H and O–H groups in total. The van der Waals surface area contributed by atoms with Crippen LogP contribution in [-0.4, -0.2) is 111 Å². The van der Waals surface area contributed by atoms with Crippen molar-refractivity contribution in [3.05, 3.63) is 18.5 Å². The van der Waals surface area contributed by atoms with Gasteiger partial charge in [0, 0.05) is 78.3 Å². The lowest BCUT2D eigenvalue weighted by Crippen LogP contribution is -2.50. The van der Waals surface area contributed by atoms with Crippen molar-refractivity contribution >= 4 is 11.9 Å². The fraction of sp³-hybridized carbons (Fsp3) is 0.773. The summed E-state index contributed by atoms with van der Waals surface area (Å²) in [4.78, 5) is 20.3. The molecule has 0 aliphatic carbocycles. The van der Waals surface area contributed by atoms with E-state index in [0.29, 0.717) is 5.92 Å². The summed E-state index contributed by atoms with van der Waals surface area (Å²) < 4.78 is 5.92. The number of ether oxygens (including phenoxy) is 1. The van der Waals surface area contributed by atoms with Gasteiger partial charge in [-0.2, -0.15) is 0 Å². The maximum absolute atomic E-state index is 5.92. The van der Waals surface area contributed by atoms with Gasteiger partial charge in [0.25, 0.3) is 0 Å². The van der Waals surface area contributed by atoms with E-state index in [1.807, 2.05) is 25.5 Å². The van der Waals surface area contributed by atoms with Crippen molar-refractivity contribution in [3.8, 4) is 0 Å². The zero-order chi connectivity index (χ0) is 21.9. The van der Waals surface area contributed by atoms with Crippen LogP contribution in [0.1, 0.15) is 20.3 Å². The average Bonchev–Trinajstić information content (AvgIpc) is 2.79. The Morgan fingerprint density at radius 1 is 1.13 bits per heavy atom. The van der Waals surface area contributed by atoms with E-state index in [-0.39, 0.29) is 6.10 Å². The van der Waals surface area contributed by atoms with Gasteiger partial charge in [0.15, 0.2) is 5.96 Å². The number of rotatable bonds is 9. The molecule has 0 spiro atoms. The molecule has 2 aliphatic rings. The predicted octanol–water partition coefficient (Wildman–Crippen LogP) is 0.511. The van der Waals surface area contributed by atoms with E-state index in [9.17, 15) is 0 Å². The molecule has 2 saturated heterocycles. The lowest BCUT2D eigenvalue weighted by molar-refractivity contribution is -0.0284. The zero-order valence-corrected chi connectivity index (χ0v) is 19.5. The van der Waals surface area contributed by atoms with Gasteiger partial charge in [-0.1, -0.05) is 13.8 Å². The monoisotopic (exact) mass is 432 g/mol. The van der Waals surface area contributed by atoms with Crippen molar-refractivity contribution in [2.75, 3.05) is 84.0 Å². The molecule has 174 valence electrons. The third-order valence-electron chi connectivity index (χ3n) is 5.72. The van der Waals surface area contributed by atoms with Crippen molar-refractivity contribution in [3.63, 3.8) is 0 Å². The Morgan fingerprint density at radius 3 is 2.61 bits per heavy atom. The number of morpholine rings is 1. The molecule has 3 heterocycles. The highest BCUT2D eigenvalue weighted by atomic mass is 16.5. The molecule has 0 radical (unpaired) electrons. The van der Waals surface area contributed by atoms with Gasteiger partial charge in [0.1, 0.15) is 0 Å². The lowest BCUT2D eigenvalue weighted by atomic mass is 10.2. The van der Waals surface area contributed by atoms with Crippen LogP contribution in [0, 0.1) is 5.92 Å². The second-order valence-corrected chi connectivity index (χ2v) is 8.76. The first-order chi connectivity index (χ1) is 15.1. The van der Waals surface area contributed by atoms with Gasteiger partial charge in [0.05, 0.1) is 12.7 Å². The van der Waals surface area contributed by atoms with Crippen molar-refractivity contribution in [2.24, 2.45) is 10.9 Å². The normalized spacial score (nSPS) is 21.5. The lowest BCUT2D eigenvalue weighted by Gasteiger charge is -2.34. The van der Waals surface area contributed by atoms with E-state index >= 15 is 0 Å². The Morgan fingerprint density at radius 2 is 1.90 bits per heavy atom. The summed E-state index contributed by atoms with van der Waals surface area (Å²) in [7, 11) is 1.83. The van der Waals surface area contributed by atoms with Crippen molar-refractivity contribution in [1.82, 2.24) is 30.4 Å². The molecule has 1 aromatic heterocycles. The van der Waals surface area contributed by atoms with Crippen LogP contribution in [0.15, 0.2) is 23.5 Å². The largest absolute Gasteiger partial charge is 0.374 e. The van der Waals surface area contributed by atoms with E-state index in [1.54, 1.807) is 0 Å². The summed E-state index contributed by atoms with van der Waals surface area (Å²) in [6.07, 6.45) is 4.92. The van der Waals surface area contributed by atoms with Crippen LogP contribution >= 0.6 is 0 Å². The van der Waals surface area contributed by atoms with Gasteiger partial charge in [-0.05, 0) is 24.9 Å². The highest BCUT2D eigenvalue weighted by Gasteiger charge is 2.21. The topological polar surface area (TPSA) is 81.2 Å². The summed E-state index contributed by atoms with van der Waals surface area (Å²) in [5.74, 6) is 2.39. The number of nitrogens with one attached hydrogen (secondary N) is 2. The first kappa shape index (κ1) is 23.7. The Labute approximate surface area is 187 Å². The van der Waals surface area contributed by atoms with Crippen LogP contribution in [0.5, 0.6) is 0 Å². The minimum Gasteiger partial charge on any atom is -0.374 e. The van der Waals surface area contributed by atoms with Gasteiger partial charge < -0.3 is 20.3 Å². The average molecular weight is 433 g/mol. The number of aromatic nitrogens is 2. The number of hydrogen-bond donors (Lipinski definition) is 2. The molecule has 1 unspecified atom stereocenters. The Balaban J connectivity index is 1.27. The Hall–Kier alpha value is -1.97. The molecule has 9 heteroatoms. The smallest absolute Gasteiger partial charge is 0.225 e. The molecule has 9 nitrogen and oxygen atoms in total. The number of hydrogen-bond acceptors (Lipinski definition) is 7. The highest BCUT2D eigenvalue weighted by Crippen LogP contribution is 2.10. The molecular weight excluding hydrogens is 392 g/mol. The predicted molar refractivity (Wildman–Crippen MR) is 126 cm³/mol. The molecule has 0 saturated carbocycles. The van der Waals surface area contributed by atoms with Crippen LogP contribution in [-0.2, 0) is 4.74 Å². The minimum absolute atomic E-state index is 0.218. The molecule has 31 heavy (non-hydrogen) atoms. The molecule has 0 aromatic carbocycles. The van der Waals surface area contributed by atoms with E-state index in [0.717, 1.165) is 90.4 Å². The van der Waals surface area contributed by atoms with E-state index in [1.165, 1.54) is 0 Å². The summed E-state index contributed by atoms with van der Waals surface area (Å²) in [6.45, 7) is 15.4. The Bertz CT molecular complexity index is 648. The van der Waals surface area contributed by atoms with E-state index in [2.05, 4.69) is 54.1 Å². The number of guanidine groups is 1. The quantitative estimate of drug-likeness (QED) is 0.332. The third-order valence-corrected chi connectivity index (χ3v) is 5.72. The molecule has 2 aliphatic heterocycles. The van der Waals surface area contributed by atoms with Crippen LogP contribution in [0.25, 0.3) is 0 Å². The number of piperazine rings is 1. The SMILES string of the molecule is CN=C(NCCCN1CCN(c2ncccn2)CC1)NCC1CN(CC(C)C)CCO1. The zero-order valence-electron chi connectivity index (χ0n) is 19.5. The third kappa shape index (κ3) is 8.23. The van der Waals surface area contributed by atoms with Crippen molar-refractivity contribution in [1.29, 1.82) is 0 Å². The maximum atomic E-state index is 5.92. The maximum Gasteiger partial charge on any atom is 0.225 e. The highest BCUT2D eigenvalue weighted by molar-refractivity contribution is 5.79. The van der Waals surface area contributed by atoms with E-state index in [4.69, 9.17) is 4.74 Å². The number of aliphatic imine (C=N–C) groups is 1. The molecule has 0 bridgehead atoms. The standard InChI is InChI=1S/C22H40N8O/c1-19(2)17-29-14-15-31-20(18-29)16-27-21(23-3)24-8-5-9-28-10-12-30(13-11-28)22-25-6-4-7-26-22/h4,6-7,19-20H,5,8-18H2,1-3H3,(H2,23,24,27). The van der Waals surface area contributed by atoms with Gasteiger partial charge in [-0.15, -0.1) is 0 Å². The van der Waals surface area contributed by atoms with Crippen LogP contribution in [0.4, 0.5) is 5.95 Å². The van der Waals surface area contributed by atoms with Gasteiger partial charge in [-0.3, -0.25) is 14.8 Å². The van der Waals surface area contributed by atoms with Crippen LogP contribution in [0.2, 0.25) is 0 Å². The fourth-order valence-corrected chi connectivity index (χ4v) is 4.15. The molecule has 2 fully saturated rings. The summed E-state index contributed by atoms with van der Waals surface area (Å²) >= 11 is 0. The van der Waals surface area contributed by atoms with Crippen LogP contribution < -0.4 is 15.5 Å². The second kappa shape index (κ2) is 12.8. The molecular formula is C22H40N8O. The number of anilines is 1. The summed E-state index contributed by atoms with van der Waals surface area (Å²) in [5.41, 5.74) is 0. The molecule has 1 atom stereocenters.